The van der Waals surface area contributed by atoms with Crippen molar-refractivity contribution in [2.24, 2.45) is 4.99 Å². The van der Waals surface area contributed by atoms with Gasteiger partial charge in [0.05, 0.1) is 16.8 Å². The average molecular weight is 377 g/mol. The Balaban J connectivity index is 1.75. The number of isothiocyanates is 1. The van der Waals surface area contributed by atoms with Crippen LogP contribution in [-0.2, 0) is 4.79 Å². The molecule has 3 rings (SSSR count). The van der Waals surface area contributed by atoms with Crippen molar-refractivity contribution in [3.63, 3.8) is 0 Å². The Kier molecular flexibility index (Phi) is 5.87. The van der Waals surface area contributed by atoms with Crippen molar-refractivity contribution in [2.75, 3.05) is 0 Å². The van der Waals surface area contributed by atoms with Crippen LogP contribution in [0.15, 0.2) is 77.8 Å². The lowest BCUT2D eigenvalue weighted by molar-refractivity contribution is -0.135. The number of ether oxygens (including phenoxy) is 1. The van der Waals surface area contributed by atoms with Gasteiger partial charge in [0.2, 0.25) is 0 Å². The Bertz CT molecular complexity index is 997. The zero-order valence-corrected chi connectivity index (χ0v) is 15.4. The molecule has 0 saturated carbocycles. The Hall–Kier alpha value is -3.14. The van der Waals surface area contributed by atoms with Gasteiger partial charge in [-0.2, -0.15) is 4.99 Å². The van der Waals surface area contributed by atoms with Crippen molar-refractivity contribution in [2.45, 2.75) is 12.8 Å². The number of nitrogens with zero attached hydrogens (tertiary/aromatic N) is 1. The van der Waals surface area contributed by atoms with Gasteiger partial charge in [0, 0.05) is 5.56 Å². The molecule has 0 saturated heterocycles. The van der Waals surface area contributed by atoms with E-state index >= 15 is 0 Å². The second-order valence-corrected chi connectivity index (χ2v) is 6.13. The van der Waals surface area contributed by atoms with E-state index in [9.17, 15) is 9.18 Å². The van der Waals surface area contributed by atoms with Crippen molar-refractivity contribution >= 4 is 29.0 Å². The summed E-state index contributed by atoms with van der Waals surface area (Å²) in [5, 5.41) is 2.27. The fourth-order valence-corrected chi connectivity index (χ4v) is 2.74. The summed E-state index contributed by atoms with van der Waals surface area (Å²) in [4.78, 5) is 16.2. The fourth-order valence-electron chi connectivity index (χ4n) is 2.63. The van der Waals surface area contributed by atoms with Gasteiger partial charge in [-0.3, -0.25) is 4.79 Å². The number of benzene rings is 3. The predicted octanol–water partition coefficient (Wildman–Crippen LogP) is 5.94. The number of hydrogen-bond donors (Lipinski definition) is 0. The highest BCUT2D eigenvalue weighted by Gasteiger charge is 2.19. The summed E-state index contributed by atoms with van der Waals surface area (Å²) in [7, 11) is 0. The van der Waals surface area contributed by atoms with E-state index < -0.39 is 11.9 Å². The van der Waals surface area contributed by atoms with Crippen molar-refractivity contribution < 1.29 is 13.9 Å². The Morgan fingerprint density at radius 3 is 2.41 bits per heavy atom. The van der Waals surface area contributed by atoms with Gasteiger partial charge in [-0.1, -0.05) is 42.5 Å². The smallest absolute Gasteiger partial charge is 0.318 e. The molecule has 0 fully saturated rings. The molecule has 1 unspecified atom stereocenters. The van der Waals surface area contributed by atoms with Gasteiger partial charge in [-0.15, -0.1) is 0 Å². The van der Waals surface area contributed by atoms with Crippen LogP contribution in [0.2, 0.25) is 0 Å². The van der Waals surface area contributed by atoms with Crippen LogP contribution in [0.4, 0.5) is 10.1 Å². The van der Waals surface area contributed by atoms with Gasteiger partial charge >= 0.3 is 5.97 Å². The lowest BCUT2D eigenvalue weighted by Gasteiger charge is -2.13. The second-order valence-electron chi connectivity index (χ2n) is 5.95. The third-order valence-electron chi connectivity index (χ3n) is 4.16. The van der Waals surface area contributed by atoms with Gasteiger partial charge in [-0.05, 0) is 60.6 Å². The molecular weight excluding hydrogens is 361 g/mol. The summed E-state index contributed by atoms with van der Waals surface area (Å²) in [6.45, 7) is 1.68. The van der Waals surface area contributed by atoms with Gasteiger partial charge in [0.15, 0.2) is 0 Å². The van der Waals surface area contributed by atoms with E-state index in [-0.39, 0.29) is 5.82 Å². The minimum Gasteiger partial charge on any atom is -0.426 e. The fraction of sp³-hybridized carbons (Fsp3) is 0.0909. The predicted molar refractivity (Wildman–Crippen MR) is 107 cm³/mol. The van der Waals surface area contributed by atoms with Crippen LogP contribution in [0.25, 0.3) is 11.1 Å². The monoisotopic (exact) mass is 377 g/mol. The molecule has 3 aromatic rings. The van der Waals surface area contributed by atoms with Gasteiger partial charge in [0.25, 0.3) is 0 Å². The van der Waals surface area contributed by atoms with Crippen LogP contribution in [0.3, 0.4) is 0 Å². The maximum atomic E-state index is 14.5. The van der Waals surface area contributed by atoms with Crippen molar-refractivity contribution in [3.8, 4) is 16.9 Å². The molecular formula is C22H16FNO2S. The summed E-state index contributed by atoms with van der Waals surface area (Å²) in [6, 6.07) is 20.6. The molecule has 0 bridgehead atoms. The van der Waals surface area contributed by atoms with Crippen LogP contribution in [0, 0.1) is 5.82 Å². The third-order valence-corrected chi connectivity index (χ3v) is 4.25. The van der Waals surface area contributed by atoms with Crippen LogP contribution < -0.4 is 4.74 Å². The van der Waals surface area contributed by atoms with Crippen LogP contribution in [0.1, 0.15) is 18.4 Å². The highest BCUT2D eigenvalue weighted by atomic mass is 32.1. The molecule has 0 aromatic heterocycles. The van der Waals surface area contributed by atoms with Gasteiger partial charge in [-0.25, -0.2) is 4.39 Å². The summed E-state index contributed by atoms with van der Waals surface area (Å²) in [6.07, 6.45) is 0. The van der Waals surface area contributed by atoms with Crippen molar-refractivity contribution in [1.29, 1.82) is 0 Å². The topological polar surface area (TPSA) is 38.7 Å². The first-order valence-electron chi connectivity index (χ1n) is 8.33. The maximum Gasteiger partial charge on any atom is 0.318 e. The number of rotatable bonds is 5. The third kappa shape index (κ3) is 4.53. The van der Waals surface area contributed by atoms with E-state index in [0.717, 1.165) is 5.56 Å². The van der Waals surface area contributed by atoms with Crippen molar-refractivity contribution in [1.82, 2.24) is 0 Å². The Morgan fingerprint density at radius 1 is 1.07 bits per heavy atom. The molecule has 0 amide bonds. The van der Waals surface area contributed by atoms with E-state index in [1.165, 1.54) is 6.07 Å². The Labute approximate surface area is 162 Å². The molecule has 0 heterocycles. The van der Waals surface area contributed by atoms with Gasteiger partial charge in [0.1, 0.15) is 11.6 Å². The van der Waals surface area contributed by atoms with Crippen LogP contribution >= 0.6 is 12.2 Å². The molecule has 3 nitrogen and oxygen atoms in total. The molecule has 5 heteroatoms. The highest BCUT2D eigenvalue weighted by Crippen LogP contribution is 2.27. The molecule has 1 atom stereocenters. The molecule has 0 radical (unpaired) electrons. The van der Waals surface area contributed by atoms with Crippen LogP contribution in [-0.4, -0.2) is 11.1 Å². The molecule has 0 aliphatic rings. The SMILES string of the molecule is CC(C(=O)Oc1ccc(N=C=S)cc1)c1ccc(-c2ccccc2)c(F)c1. The number of carbonyl (C=O) groups excluding carboxylic acids is 1. The number of hydrogen-bond acceptors (Lipinski definition) is 4. The number of thiocarbonyl (C=S) groups is 1. The lowest BCUT2D eigenvalue weighted by Crippen LogP contribution is -2.16. The molecule has 27 heavy (non-hydrogen) atoms. The zero-order chi connectivity index (χ0) is 19.2. The number of esters is 1. The normalized spacial score (nSPS) is 11.3. The zero-order valence-electron chi connectivity index (χ0n) is 14.6. The second kappa shape index (κ2) is 8.49. The van der Waals surface area contributed by atoms with E-state index in [4.69, 9.17) is 4.74 Å². The highest BCUT2D eigenvalue weighted by molar-refractivity contribution is 7.78. The molecule has 3 aromatic carbocycles. The van der Waals surface area contributed by atoms with Crippen LogP contribution in [0.5, 0.6) is 5.75 Å². The first-order chi connectivity index (χ1) is 13.1. The van der Waals surface area contributed by atoms with E-state index in [2.05, 4.69) is 22.4 Å². The Morgan fingerprint density at radius 2 is 1.78 bits per heavy atom. The lowest BCUT2D eigenvalue weighted by atomic mass is 9.97. The molecule has 0 aliphatic heterocycles. The number of aliphatic imine (C=N–C) groups is 1. The molecule has 0 aliphatic carbocycles. The van der Waals surface area contributed by atoms with Gasteiger partial charge < -0.3 is 4.74 Å². The summed E-state index contributed by atoms with van der Waals surface area (Å²) in [5.74, 6) is -1.06. The number of carbonyl (C=O) groups is 1. The van der Waals surface area contributed by atoms with E-state index in [1.54, 1.807) is 43.3 Å². The maximum absolute atomic E-state index is 14.5. The quantitative estimate of drug-likeness (QED) is 0.239. The minimum absolute atomic E-state index is 0.374. The molecule has 134 valence electrons. The number of halogens is 1. The summed E-state index contributed by atoms with van der Waals surface area (Å²) in [5.41, 5.74) is 2.46. The first kappa shape index (κ1) is 18.6. The summed E-state index contributed by atoms with van der Waals surface area (Å²) < 4.78 is 19.9. The van der Waals surface area contributed by atoms with E-state index in [0.29, 0.717) is 22.6 Å². The minimum atomic E-state index is -0.608. The first-order valence-corrected chi connectivity index (χ1v) is 8.74. The van der Waals surface area contributed by atoms with E-state index in [1.807, 2.05) is 30.3 Å². The summed E-state index contributed by atoms with van der Waals surface area (Å²) >= 11 is 4.54. The molecule has 0 spiro atoms. The average Bonchev–Trinajstić information content (AvgIpc) is 2.69. The largest absolute Gasteiger partial charge is 0.426 e. The van der Waals surface area contributed by atoms with Crippen molar-refractivity contribution in [3.05, 3.63) is 84.2 Å². The standard InChI is InChI=1S/C22H16FNO2S/c1-15(22(25)26-19-10-8-18(9-11-19)24-14-27)17-7-12-20(21(23)13-17)16-5-3-2-4-6-16/h2-13,15H,1H3. The molecule has 0 N–H and O–H groups in total.